The van der Waals surface area contributed by atoms with Crippen LogP contribution in [0.3, 0.4) is 0 Å². The molecule has 0 rings (SSSR count). The molecular weight excluding hydrogens is 572 g/mol. The van der Waals surface area contributed by atoms with Gasteiger partial charge < -0.3 is 18.2 Å². The standard InChI is InChI=1S/Au.Na.2H2O7S2/c;;2*1-8(2,3)7-9(4,5)6/h;;2*(H,1,2,3)(H,4,5,6)/q+3;+1;;/p-4. The molecular formula is AuNaO14S4. The molecule has 0 fully saturated rings. The van der Waals surface area contributed by atoms with Crippen molar-refractivity contribution in [1.82, 2.24) is 0 Å². The topological polar surface area (TPSA) is 247 Å². The molecule has 14 nitrogen and oxygen atoms in total. The molecule has 0 aromatic rings. The van der Waals surface area contributed by atoms with Crippen molar-refractivity contribution in [3.05, 3.63) is 0 Å². The molecule has 0 spiro atoms. The summed E-state index contributed by atoms with van der Waals surface area (Å²) in [7, 11) is -21.7. The second-order valence-electron chi connectivity index (χ2n) is 1.77. The van der Waals surface area contributed by atoms with E-state index >= 15 is 0 Å². The van der Waals surface area contributed by atoms with Gasteiger partial charge in [0.1, 0.15) is 0 Å². The molecule has 0 saturated heterocycles. The number of hydrogen-bond acceptors (Lipinski definition) is 14. The summed E-state index contributed by atoms with van der Waals surface area (Å²) in [6.07, 6.45) is 0. The summed E-state index contributed by atoms with van der Waals surface area (Å²) < 4.78 is 116. The quantitative estimate of drug-likeness (QED) is 0.173. The SMILES string of the molecule is O=S(=O)([O-])OS(=O)(=O)[O-].O=S(=O)([O-])OS(=O)(=O)[O-].[Au+3].[Na+]. The second kappa shape index (κ2) is 10.1. The molecule has 0 aliphatic heterocycles. The maximum Gasteiger partial charge on any atom is 3.00 e. The molecule has 0 saturated carbocycles. The minimum atomic E-state index is -5.43. The summed E-state index contributed by atoms with van der Waals surface area (Å²) in [4.78, 5) is 0. The maximum absolute atomic E-state index is 9.29. The van der Waals surface area contributed by atoms with Crippen molar-refractivity contribution in [1.29, 1.82) is 0 Å². The Labute approximate surface area is 151 Å². The van der Waals surface area contributed by atoms with Gasteiger partial charge in [0.2, 0.25) is 41.6 Å². The van der Waals surface area contributed by atoms with E-state index in [-0.39, 0.29) is 51.9 Å². The number of hydrogen-bond donors (Lipinski definition) is 0. The van der Waals surface area contributed by atoms with E-state index in [0.29, 0.717) is 0 Å². The van der Waals surface area contributed by atoms with E-state index in [4.69, 9.17) is 0 Å². The average Bonchev–Trinajstić information content (AvgIpc) is 1.64. The summed E-state index contributed by atoms with van der Waals surface area (Å²) >= 11 is 0. The molecule has 0 heterocycles. The van der Waals surface area contributed by atoms with Crippen molar-refractivity contribution in [2.45, 2.75) is 0 Å². The monoisotopic (exact) mass is 572 g/mol. The molecule has 0 aromatic heterocycles. The van der Waals surface area contributed by atoms with Crippen molar-refractivity contribution >= 4 is 41.6 Å². The Balaban J connectivity index is -0.000000116. The van der Waals surface area contributed by atoms with Crippen LogP contribution in [-0.2, 0) is 71.2 Å². The fraction of sp³-hybridized carbons (Fsp3) is 0. The minimum Gasteiger partial charge on any atom is -0.725 e. The Morgan fingerprint density at radius 2 is 0.600 bits per heavy atom. The fourth-order valence-electron chi connectivity index (χ4n) is 0.204. The molecule has 0 aromatic carbocycles. The minimum absolute atomic E-state index is 0. The smallest absolute Gasteiger partial charge is 0.725 e. The van der Waals surface area contributed by atoms with Crippen LogP contribution in [0, 0.1) is 0 Å². The van der Waals surface area contributed by atoms with Crippen LogP contribution in [0.4, 0.5) is 0 Å². The molecule has 20 heavy (non-hydrogen) atoms. The van der Waals surface area contributed by atoms with Gasteiger partial charge in [-0.2, -0.15) is 7.26 Å². The van der Waals surface area contributed by atoms with Crippen LogP contribution in [0.1, 0.15) is 0 Å². The molecule has 0 unspecified atom stereocenters. The van der Waals surface area contributed by atoms with Gasteiger partial charge in [-0.3, -0.25) is 0 Å². The van der Waals surface area contributed by atoms with Gasteiger partial charge in [-0.25, -0.2) is 33.7 Å². The zero-order chi connectivity index (χ0) is 15.4. The van der Waals surface area contributed by atoms with Gasteiger partial charge in [0, 0.05) is 0 Å². The Hall–Kier alpha value is 1.30. The van der Waals surface area contributed by atoms with Crippen LogP contribution in [0.25, 0.3) is 0 Å². The van der Waals surface area contributed by atoms with Gasteiger partial charge in [0.15, 0.2) is 0 Å². The molecule has 0 bridgehead atoms. The summed E-state index contributed by atoms with van der Waals surface area (Å²) in [5.74, 6) is 0. The molecule has 20 heteroatoms. The maximum atomic E-state index is 9.29. The van der Waals surface area contributed by atoms with E-state index < -0.39 is 41.6 Å². The second-order valence-corrected chi connectivity index (χ2v) is 6.12. The van der Waals surface area contributed by atoms with Crippen molar-refractivity contribution in [3.63, 3.8) is 0 Å². The third-order valence-electron chi connectivity index (χ3n) is 0.333. The van der Waals surface area contributed by atoms with Crippen LogP contribution in [0.15, 0.2) is 0 Å². The third kappa shape index (κ3) is 36.5. The van der Waals surface area contributed by atoms with E-state index in [9.17, 15) is 51.9 Å². The van der Waals surface area contributed by atoms with Gasteiger partial charge in [0.05, 0.1) is 0 Å². The molecule has 0 amide bonds. The summed E-state index contributed by atoms with van der Waals surface area (Å²) in [6.45, 7) is 0. The summed E-state index contributed by atoms with van der Waals surface area (Å²) in [5.41, 5.74) is 0. The molecule has 0 aliphatic rings. The van der Waals surface area contributed by atoms with Crippen molar-refractivity contribution in [2.24, 2.45) is 0 Å². The van der Waals surface area contributed by atoms with Crippen molar-refractivity contribution in [3.8, 4) is 0 Å². The van der Waals surface area contributed by atoms with Crippen molar-refractivity contribution < 1.29 is 111 Å². The molecule has 0 radical (unpaired) electrons. The first-order valence-electron chi connectivity index (χ1n) is 2.67. The predicted molar refractivity (Wildman–Crippen MR) is 41.0 cm³/mol. The first kappa shape index (κ1) is 29.3. The molecule has 0 N–H and O–H groups in total. The van der Waals surface area contributed by atoms with Crippen molar-refractivity contribution in [2.75, 3.05) is 0 Å². The normalized spacial score (nSPS) is 12.2. The largest absolute Gasteiger partial charge is 3.00 e. The van der Waals surface area contributed by atoms with Crippen LogP contribution >= 0.6 is 0 Å². The van der Waals surface area contributed by atoms with Crippen LogP contribution in [-0.4, -0.2) is 51.9 Å². The Morgan fingerprint density at radius 1 is 0.500 bits per heavy atom. The van der Waals surface area contributed by atoms with Gasteiger partial charge in [-0.15, -0.1) is 0 Å². The molecule has 0 atom stereocenters. The molecule has 120 valence electrons. The first-order chi connectivity index (χ1) is 7.41. The van der Waals surface area contributed by atoms with Crippen LogP contribution in [0.2, 0.25) is 0 Å². The van der Waals surface area contributed by atoms with E-state index in [1.165, 1.54) is 0 Å². The van der Waals surface area contributed by atoms with E-state index in [0.717, 1.165) is 0 Å². The Bertz CT molecular complexity index is 537. The summed E-state index contributed by atoms with van der Waals surface area (Å²) in [5, 5.41) is 0. The van der Waals surface area contributed by atoms with E-state index in [2.05, 4.69) is 7.26 Å². The molecule has 0 aliphatic carbocycles. The van der Waals surface area contributed by atoms with Gasteiger partial charge in [0.25, 0.3) is 0 Å². The predicted octanol–water partition coefficient (Wildman–Crippen LogP) is -7.15. The summed E-state index contributed by atoms with van der Waals surface area (Å²) in [6, 6.07) is 0. The first-order valence-corrected chi connectivity index (χ1v) is 8.00. The third-order valence-corrected chi connectivity index (χ3v) is 3.00. The zero-order valence-corrected chi connectivity index (χ0v) is 16.1. The van der Waals surface area contributed by atoms with Crippen LogP contribution < -0.4 is 29.6 Å². The average molecular weight is 572 g/mol. The van der Waals surface area contributed by atoms with Gasteiger partial charge in [-0.1, -0.05) is 0 Å². The fourth-order valence-corrected chi connectivity index (χ4v) is 1.84. The van der Waals surface area contributed by atoms with E-state index in [1.54, 1.807) is 0 Å². The van der Waals surface area contributed by atoms with Crippen LogP contribution in [0.5, 0.6) is 0 Å². The van der Waals surface area contributed by atoms with E-state index in [1.807, 2.05) is 0 Å². The Kier molecular flexibility index (Phi) is 14.9. The number of rotatable bonds is 4. The van der Waals surface area contributed by atoms with Gasteiger partial charge >= 0.3 is 51.9 Å². The Morgan fingerprint density at radius 3 is 0.600 bits per heavy atom. The van der Waals surface area contributed by atoms with Gasteiger partial charge in [-0.05, 0) is 0 Å². The zero-order valence-electron chi connectivity index (χ0n) is 8.65.